The molecule has 1 heterocycles. The van der Waals surface area contributed by atoms with Crippen LogP contribution in [-0.4, -0.2) is 47.7 Å². The number of benzene rings is 1. The van der Waals surface area contributed by atoms with Gasteiger partial charge in [0.1, 0.15) is 6.10 Å². The summed E-state index contributed by atoms with van der Waals surface area (Å²) >= 11 is 0. The summed E-state index contributed by atoms with van der Waals surface area (Å²) in [4.78, 5) is 0. The lowest BCUT2D eigenvalue weighted by Crippen LogP contribution is -2.39. The first-order valence-electron chi connectivity index (χ1n) is 7.93. The molecule has 0 aliphatic carbocycles. The zero-order valence-electron chi connectivity index (χ0n) is 15.0. The van der Waals surface area contributed by atoms with Crippen LogP contribution in [0, 0.1) is 0 Å². The Morgan fingerprint density at radius 1 is 1.04 bits per heavy atom. The van der Waals surface area contributed by atoms with Gasteiger partial charge in [-0.1, -0.05) is 58.0 Å². The molecule has 3 unspecified atom stereocenters. The smallest absolute Gasteiger partial charge is 0.263 e. The number of aliphatic hydroxyl groups excluding tert-OH is 1. The van der Waals surface area contributed by atoms with Crippen molar-refractivity contribution < 1.29 is 29.5 Å². The molecule has 3 atom stereocenters. The van der Waals surface area contributed by atoms with Gasteiger partial charge in [-0.2, -0.15) is 0 Å². The van der Waals surface area contributed by atoms with Crippen LogP contribution in [0.4, 0.5) is 0 Å². The molecule has 3 N–H and O–H groups in total. The maximum atomic E-state index is 7.17. The largest absolute Gasteiger partial charge is 0.376 e. The molecule has 0 aromatic heterocycles. The van der Waals surface area contributed by atoms with Gasteiger partial charge in [0.25, 0.3) is 6.48 Å². The minimum Gasteiger partial charge on any atom is -0.376 e. The third-order valence-electron chi connectivity index (χ3n) is 2.65. The Labute approximate surface area is 139 Å². The zero-order valence-corrected chi connectivity index (χ0v) is 15.0. The fourth-order valence-corrected chi connectivity index (χ4v) is 1.68. The minimum absolute atomic E-state index is 0.0324. The number of aliphatic hydroxyl groups is 3. The lowest BCUT2D eigenvalue weighted by Gasteiger charge is -2.33. The monoisotopic (exact) mass is 332 g/mol. The molecule has 6 heteroatoms. The zero-order chi connectivity index (χ0) is 18.3. The third kappa shape index (κ3) is 11.2. The average Bonchev–Trinajstić information content (AvgIpc) is 2.59. The van der Waals surface area contributed by atoms with Gasteiger partial charge in [-0.25, -0.2) is 0 Å². The maximum absolute atomic E-state index is 7.17. The molecule has 0 saturated carbocycles. The van der Waals surface area contributed by atoms with Crippen molar-refractivity contribution in [1.82, 2.24) is 0 Å². The normalized spacial score (nSPS) is 22.6. The number of ether oxygens (including phenoxy) is 3. The van der Waals surface area contributed by atoms with E-state index in [9.17, 15) is 0 Å². The summed E-state index contributed by atoms with van der Waals surface area (Å²) in [6.45, 7) is 8.42. The van der Waals surface area contributed by atoms with E-state index in [0.717, 1.165) is 5.56 Å². The molecule has 1 saturated heterocycles. The van der Waals surface area contributed by atoms with Gasteiger partial charge in [-0.15, -0.1) is 0 Å². The molecule has 2 rings (SSSR count). The summed E-state index contributed by atoms with van der Waals surface area (Å²) in [5.41, 5.74) is 1.05. The summed E-state index contributed by atoms with van der Waals surface area (Å²) in [6.07, 6.45) is -0.161. The molecular formula is C17H32O6. The Morgan fingerprint density at radius 2 is 1.52 bits per heavy atom. The predicted octanol–water partition coefficient (Wildman–Crippen LogP) is 2.43. The molecule has 1 fully saturated rings. The van der Waals surface area contributed by atoms with Gasteiger partial charge in [-0.05, 0) is 6.92 Å². The maximum Gasteiger partial charge on any atom is 0.263 e. The molecule has 136 valence electrons. The van der Waals surface area contributed by atoms with Gasteiger partial charge in [0.2, 0.25) is 0 Å². The third-order valence-corrected chi connectivity index (χ3v) is 2.65. The Kier molecular flexibility index (Phi) is 16.7. The Hall–Kier alpha value is -1.02. The highest BCUT2D eigenvalue weighted by Crippen LogP contribution is 2.26. The molecule has 23 heavy (non-hydrogen) atoms. The molecule has 0 radical (unpaired) electrons. The molecule has 0 bridgehead atoms. The van der Waals surface area contributed by atoms with Crippen LogP contribution in [0.15, 0.2) is 30.3 Å². The van der Waals surface area contributed by atoms with Crippen molar-refractivity contribution in [2.45, 2.75) is 59.6 Å². The Balaban J connectivity index is 0. The van der Waals surface area contributed by atoms with Gasteiger partial charge in [0.15, 0.2) is 6.29 Å². The summed E-state index contributed by atoms with van der Waals surface area (Å²) in [6, 6.07) is 9.95. The molecule has 1 aliphatic heterocycles. The van der Waals surface area contributed by atoms with E-state index in [2.05, 4.69) is 0 Å². The summed E-state index contributed by atoms with van der Waals surface area (Å²) in [5, 5.41) is 21.5. The van der Waals surface area contributed by atoms with Crippen LogP contribution in [-0.2, 0) is 14.2 Å². The number of rotatable bonds is 2. The second kappa shape index (κ2) is 15.9. The average molecular weight is 332 g/mol. The number of hydrogen-bond donors (Lipinski definition) is 3. The molecule has 0 spiro atoms. The van der Waals surface area contributed by atoms with Crippen molar-refractivity contribution in [3.05, 3.63) is 35.9 Å². The van der Waals surface area contributed by atoms with E-state index in [1.54, 1.807) is 7.11 Å². The summed E-state index contributed by atoms with van der Waals surface area (Å²) < 4.78 is 16.6. The molecule has 1 aromatic carbocycles. The lowest BCUT2D eigenvalue weighted by molar-refractivity contribution is -0.256. The van der Waals surface area contributed by atoms with E-state index >= 15 is 0 Å². The Bertz CT molecular complexity index is 341. The molecule has 1 aliphatic rings. The Morgan fingerprint density at radius 3 is 1.91 bits per heavy atom. The first-order chi connectivity index (χ1) is 11.0. The SMILES string of the molecule is CC.CC.COC1COC(c2ccccc2)OC1C.OC(O)O. The van der Waals surface area contributed by atoms with Crippen LogP contribution in [0.2, 0.25) is 0 Å². The molecule has 6 nitrogen and oxygen atoms in total. The van der Waals surface area contributed by atoms with E-state index in [0.29, 0.717) is 6.61 Å². The van der Waals surface area contributed by atoms with Crippen molar-refractivity contribution in [2.75, 3.05) is 13.7 Å². The summed E-state index contributed by atoms with van der Waals surface area (Å²) in [5.74, 6) is 0. The fourth-order valence-electron chi connectivity index (χ4n) is 1.68. The lowest BCUT2D eigenvalue weighted by atomic mass is 10.1. The van der Waals surface area contributed by atoms with Crippen molar-refractivity contribution in [3.8, 4) is 0 Å². The highest BCUT2D eigenvalue weighted by Gasteiger charge is 2.29. The highest BCUT2D eigenvalue weighted by molar-refractivity contribution is 5.16. The van der Waals surface area contributed by atoms with Gasteiger partial charge in [-0.3, -0.25) is 0 Å². The van der Waals surface area contributed by atoms with Crippen molar-refractivity contribution >= 4 is 0 Å². The van der Waals surface area contributed by atoms with E-state index in [4.69, 9.17) is 29.5 Å². The summed E-state index contributed by atoms with van der Waals surface area (Å²) in [7, 11) is 1.68. The van der Waals surface area contributed by atoms with Crippen molar-refractivity contribution in [1.29, 1.82) is 0 Å². The van der Waals surface area contributed by atoms with Crippen LogP contribution in [0.5, 0.6) is 0 Å². The van der Waals surface area contributed by atoms with Gasteiger partial charge in [0.05, 0.1) is 12.7 Å². The van der Waals surface area contributed by atoms with Gasteiger partial charge >= 0.3 is 0 Å². The quantitative estimate of drug-likeness (QED) is 0.721. The standard InChI is InChI=1S/C12H16O3.2C2H6.CH4O3/c1-9-11(13-2)8-14-12(15-9)10-6-4-3-5-7-10;2*1-2;2-1(3)4/h3-7,9,11-12H,8H2,1-2H3;2*1-2H3;1-4H. The molecular weight excluding hydrogens is 300 g/mol. The van der Waals surface area contributed by atoms with Crippen LogP contribution >= 0.6 is 0 Å². The van der Waals surface area contributed by atoms with Gasteiger partial charge < -0.3 is 29.5 Å². The second-order valence-electron chi connectivity index (χ2n) is 4.04. The van der Waals surface area contributed by atoms with E-state index in [1.807, 2.05) is 65.0 Å². The minimum atomic E-state index is -2.17. The van der Waals surface area contributed by atoms with Crippen molar-refractivity contribution in [3.63, 3.8) is 0 Å². The van der Waals surface area contributed by atoms with Crippen LogP contribution in [0.1, 0.15) is 46.5 Å². The van der Waals surface area contributed by atoms with Crippen LogP contribution < -0.4 is 0 Å². The molecule has 1 aromatic rings. The highest BCUT2D eigenvalue weighted by atomic mass is 16.7. The first kappa shape index (κ1) is 24.2. The van der Waals surface area contributed by atoms with E-state index < -0.39 is 6.48 Å². The predicted molar refractivity (Wildman–Crippen MR) is 89.6 cm³/mol. The van der Waals surface area contributed by atoms with Gasteiger partial charge in [0, 0.05) is 12.7 Å². The van der Waals surface area contributed by atoms with E-state index in [-0.39, 0.29) is 18.5 Å². The van der Waals surface area contributed by atoms with E-state index in [1.165, 1.54) is 0 Å². The number of methoxy groups -OCH3 is 1. The van der Waals surface area contributed by atoms with Crippen LogP contribution in [0.3, 0.4) is 0 Å². The fraction of sp³-hybridized carbons (Fsp3) is 0.647. The first-order valence-corrected chi connectivity index (χ1v) is 7.93. The number of hydrogen-bond acceptors (Lipinski definition) is 6. The van der Waals surface area contributed by atoms with Crippen molar-refractivity contribution in [2.24, 2.45) is 0 Å². The topological polar surface area (TPSA) is 88.4 Å². The van der Waals surface area contributed by atoms with Crippen LogP contribution in [0.25, 0.3) is 0 Å². The molecule has 0 amide bonds. The second-order valence-corrected chi connectivity index (χ2v) is 4.04.